The SMILES string of the molecule is O=C(CCC(=O)N1CCSc2ccccc21)NC1(c2ccccc2)CCC1. The summed E-state index contributed by atoms with van der Waals surface area (Å²) in [6.07, 6.45) is 3.53. The number of anilines is 1. The third-order valence-electron chi connectivity index (χ3n) is 5.51. The van der Waals surface area contributed by atoms with E-state index in [-0.39, 0.29) is 30.2 Å². The standard InChI is InChI=1S/C22H24N2O2S/c25-20(23-22(13-6-14-22)17-7-2-1-3-8-17)11-12-21(26)24-15-16-27-19-10-5-4-9-18(19)24/h1-5,7-10H,6,11-16H2,(H,23,25). The van der Waals surface area contributed by atoms with Crippen LogP contribution in [0.15, 0.2) is 59.5 Å². The van der Waals surface area contributed by atoms with E-state index in [4.69, 9.17) is 0 Å². The third-order valence-corrected chi connectivity index (χ3v) is 6.55. The zero-order valence-corrected chi connectivity index (χ0v) is 16.1. The average molecular weight is 381 g/mol. The highest BCUT2D eigenvalue weighted by molar-refractivity contribution is 7.99. The molecule has 2 aromatic rings. The molecule has 1 aliphatic heterocycles. The Balaban J connectivity index is 1.37. The first-order valence-electron chi connectivity index (χ1n) is 9.57. The maximum atomic E-state index is 12.7. The zero-order valence-electron chi connectivity index (χ0n) is 15.3. The van der Waals surface area contributed by atoms with Crippen molar-refractivity contribution in [1.29, 1.82) is 0 Å². The molecule has 1 heterocycles. The normalized spacial score (nSPS) is 17.6. The summed E-state index contributed by atoms with van der Waals surface area (Å²) >= 11 is 1.78. The molecule has 1 N–H and O–H groups in total. The van der Waals surface area contributed by atoms with Crippen LogP contribution in [0.2, 0.25) is 0 Å². The molecule has 0 atom stereocenters. The molecule has 1 fully saturated rings. The number of carbonyl (C=O) groups is 2. The lowest BCUT2D eigenvalue weighted by Crippen LogP contribution is -2.51. The van der Waals surface area contributed by atoms with Crippen molar-refractivity contribution in [2.24, 2.45) is 0 Å². The summed E-state index contributed by atoms with van der Waals surface area (Å²) in [5.41, 5.74) is 1.90. The quantitative estimate of drug-likeness (QED) is 0.850. The van der Waals surface area contributed by atoms with Crippen molar-refractivity contribution in [1.82, 2.24) is 5.32 Å². The van der Waals surface area contributed by atoms with Gasteiger partial charge in [0.2, 0.25) is 11.8 Å². The fraction of sp³-hybridized carbons (Fsp3) is 0.364. The second-order valence-electron chi connectivity index (χ2n) is 7.21. The molecule has 4 nitrogen and oxygen atoms in total. The van der Waals surface area contributed by atoms with E-state index in [2.05, 4.69) is 17.4 Å². The van der Waals surface area contributed by atoms with Gasteiger partial charge in [0.15, 0.2) is 0 Å². The van der Waals surface area contributed by atoms with Gasteiger partial charge in [0.05, 0.1) is 11.2 Å². The molecule has 0 unspecified atom stereocenters. The van der Waals surface area contributed by atoms with Gasteiger partial charge in [0, 0.05) is 30.0 Å². The fourth-order valence-corrected chi connectivity index (χ4v) is 4.88. The number of rotatable bonds is 5. The summed E-state index contributed by atoms with van der Waals surface area (Å²) in [5.74, 6) is 0.887. The van der Waals surface area contributed by atoms with Crippen molar-refractivity contribution >= 4 is 29.3 Å². The minimum atomic E-state index is -0.240. The van der Waals surface area contributed by atoms with Crippen LogP contribution in [0.4, 0.5) is 5.69 Å². The number of carbonyl (C=O) groups excluding carboxylic acids is 2. The van der Waals surface area contributed by atoms with E-state index in [1.807, 2.05) is 47.4 Å². The highest BCUT2D eigenvalue weighted by atomic mass is 32.2. The predicted octanol–water partition coefficient (Wildman–Crippen LogP) is 4.10. The third kappa shape index (κ3) is 3.74. The van der Waals surface area contributed by atoms with Crippen molar-refractivity contribution in [2.45, 2.75) is 42.5 Å². The molecule has 4 rings (SSSR count). The maximum absolute atomic E-state index is 12.7. The van der Waals surface area contributed by atoms with Crippen LogP contribution in [0.25, 0.3) is 0 Å². The Hall–Kier alpha value is -2.27. The molecule has 0 aromatic heterocycles. The summed E-state index contributed by atoms with van der Waals surface area (Å²) in [5, 5.41) is 3.21. The molecule has 2 amide bonds. The van der Waals surface area contributed by atoms with Gasteiger partial charge >= 0.3 is 0 Å². The van der Waals surface area contributed by atoms with E-state index in [1.54, 1.807) is 11.8 Å². The smallest absolute Gasteiger partial charge is 0.227 e. The minimum absolute atomic E-state index is 0.0280. The monoisotopic (exact) mass is 380 g/mol. The highest BCUT2D eigenvalue weighted by Gasteiger charge is 2.39. The summed E-state index contributed by atoms with van der Waals surface area (Å²) < 4.78 is 0. The molecular formula is C22H24N2O2S. The number of amides is 2. The summed E-state index contributed by atoms with van der Waals surface area (Å²) in [4.78, 5) is 28.3. The van der Waals surface area contributed by atoms with Crippen molar-refractivity contribution < 1.29 is 9.59 Å². The Labute approximate surface area is 164 Å². The largest absolute Gasteiger partial charge is 0.347 e. The van der Waals surface area contributed by atoms with Crippen molar-refractivity contribution in [3.63, 3.8) is 0 Å². The van der Waals surface area contributed by atoms with E-state index >= 15 is 0 Å². The Morgan fingerprint density at radius 3 is 2.48 bits per heavy atom. The highest BCUT2D eigenvalue weighted by Crippen LogP contribution is 2.41. The zero-order chi connectivity index (χ0) is 18.7. The Morgan fingerprint density at radius 1 is 1.00 bits per heavy atom. The molecule has 1 aliphatic carbocycles. The van der Waals surface area contributed by atoms with Crippen LogP contribution in [0.1, 0.15) is 37.7 Å². The van der Waals surface area contributed by atoms with Crippen LogP contribution in [0, 0.1) is 0 Å². The predicted molar refractivity (Wildman–Crippen MR) is 109 cm³/mol. The number of thioether (sulfide) groups is 1. The van der Waals surface area contributed by atoms with Crippen LogP contribution in [-0.4, -0.2) is 24.1 Å². The number of hydrogen-bond donors (Lipinski definition) is 1. The molecule has 2 aliphatic rings. The average Bonchev–Trinajstić information content (AvgIpc) is 2.69. The lowest BCUT2D eigenvalue weighted by atomic mass is 9.71. The number of nitrogens with zero attached hydrogens (tertiary/aromatic N) is 1. The molecule has 0 radical (unpaired) electrons. The number of nitrogens with one attached hydrogen (secondary N) is 1. The molecule has 140 valence electrons. The van der Waals surface area contributed by atoms with Crippen LogP contribution in [0.5, 0.6) is 0 Å². The van der Waals surface area contributed by atoms with Gasteiger partial charge in [-0.15, -0.1) is 11.8 Å². The number of benzene rings is 2. The Morgan fingerprint density at radius 2 is 1.74 bits per heavy atom. The van der Waals surface area contributed by atoms with Crippen molar-refractivity contribution in [3.8, 4) is 0 Å². The summed E-state index contributed by atoms with van der Waals surface area (Å²) in [7, 11) is 0. The molecule has 1 saturated carbocycles. The number of fused-ring (bicyclic) bond motifs is 1. The first-order chi connectivity index (χ1) is 13.2. The number of hydrogen-bond acceptors (Lipinski definition) is 3. The van der Waals surface area contributed by atoms with E-state index < -0.39 is 0 Å². The van der Waals surface area contributed by atoms with Gasteiger partial charge in [0.25, 0.3) is 0 Å². The van der Waals surface area contributed by atoms with Crippen LogP contribution >= 0.6 is 11.8 Å². The maximum Gasteiger partial charge on any atom is 0.227 e. The number of para-hydroxylation sites is 1. The first-order valence-corrected chi connectivity index (χ1v) is 10.6. The Bertz CT molecular complexity index is 833. The summed E-state index contributed by atoms with van der Waals surface area (Å²) in [6, 6.07) is 18.1. The van der Waals surface area contributed by atoms with Crippen molar-refractivity contribution in [2.75, 3.05) is 17.2 Å². The molecular weight excluding hydrogens is 356 g/mol. The van der Waals surface area contributed by atoms with Gasteiger partial charge in [0.1, 0.15) is 0 Å². The first kappa shape index (κ1) is 18.1. The molecule has 27 heavy (non-hydrogen) atoms. The molecule has 0 bridgehead atoms. The summed E-state index contributed by atoms with van der Waals surface area (Å²) in [6.45, 7) is 0.704. The van der Waals surface area contributed by atoms with Gasteiger partial charge in [-0.1, -0.05) is 42.5 Å². The van der Waals surface area contributed by atoms with Gasteiger partial charge in [-0.3, -0.25) is 9.59 Å². The lowest BCUT2D eigenvalue weighted by Gasteiger charge is -2.43. The molecule has 0 spiro atoms. The van der Waals surface area contributed by atoms with Gasteiger partial charge in [-0.05, 0) is 37.0 Å². The fourth-order valence-electron chi connectivity index (χ4n) is 3.89. The van der Waals surface area contributed by atoms with Gasteiger partial charge < -0.3 is 10.2 Å². The van der Waals surface area contributed by atoms with Crippen LogP contribution < -0.4 is 10.2 Å². The second kappa shape index (κ2) is 7.77. The minimum Gasteiger partial charge on any atom is -0.347 e. The Kier molecular flexibility index (Phi) is 5.21. The van der Waals surface area contributed by atoms with E-state index in [0.717, 1.165) is 41.2 Å². The van der Waals surface area contributed by atoms with Crippen molar-refractivity contribution in [3.05, 3.63) is 60.2 Å². The van der Waals surface area contributed by atoms with Crippen LogP contribution in [0.3, 0.4) is 0 Å². The molecule has 5 heteroatoms. The molecule has 2 aromatic carbocycles. The van der Waals surface area contributed by atoms with Gasteiger partial charge in [-0.2, -0.15) is 0 Å². The van der Waals surface area contributed by atoms with E-state index in [9.17, 15) is 9.59 Å². The lowest BCUT2D eigenvalue weighted by molar-refractivity contribution is -0.127. The second-order valence-corrected chi connectivity index (χ2v) is 8.35. The topological polar surface area (TPSA) is 49.4 Å². The van der Waals surface area contributed by atoms with Gasteiger partial charge in [-0.25, -0.2) is 0 Å². The van der Waals surface area contributed by atoms with E-state index in [1.165, 1.54) is 0 Å². The van der Waals surface area contributed by atoms with Crippen LogP contribution in [-0.2, 0) is 15.1 Å². The molecule has 0 saturated heterocycles. The van der Waals surface area contributed by atoms with E-state index in [0.29, 0.717) is 6.54 Å².